The van der Waals surface area contributed by atoms with Crippen molar-refractivity contribution in [3.05, 3.63) is 82.5 Å². The van der Waals surface area contributed by atoms with Crippen LogP contribution in [0, 0.1) is 0 Å². The van der Waals surface area contributed by atoms with Gasteiger partial charge in [0.1, 0.15) is 29.9 Å². The van der Waals surface area contributed by atoms with Crippen LogP contribution in [-0.2, 0) is 6.18 Å². The number of Topliss-reactive ketones (excluding diaryl/α,β-unsaturated/α-hetero) is 1. The zero-order valence-electron chi connectivity index (χ0n) is 22.4. The number of ether oxygens (including phenoxy) is 3. The molecule has 1 unspecified atom stereocenters. The van der Waals surface area contributed by atoms with E-state index in [4.69, 9.17) is 30.9 Å². The van der Waals surface area contributed by atoms with E-state index in [0.717, 1.165) is 12.1 Å². The van der Waals surface area contributed by atoms with E-state index in [1.165, 1.54) is 32.5 Å². The third kappa shape index (κ3) is 7.00. The first kappa shape index (κ1) is 30.6. The number of carbonyl (C=O) groups is 1. The second-order valence-corrected chi connectivity index (χ2v) is 8.69. The highest BCUT2D eigenvalue weighted by molar-refractivity contribution is 6.30. The SMILES string of the molecule is CC.COc1cc(NC(C(=O)c2c[nH]c3ccc(C(F)(F)F)cc23)c2ccc(Cl)cc2OC)cc(OCCO)c1. The molecule has 0 fully saturated rings. The Hall–Kier alpha value is -3.89. The Kier molecular flexibility index (Phi) is 10.3. The Balaban J connectivity index is 0.00000216. The zero-order chi connectivity index (χ0) is 29.4. The number of fused-ring (bicyclic) bond motifs is 1. The summed E-state index contributed by atoms with van der Waals surface area (Å²) in [6.07, 6.45) is -3.19. The van der Waals surface area contributed by atoms with Gasteiger partial charge in [0.25, 0.3) is 0 Å². The molecule has 11 heteroatoms. The minimum Gasteiger partial charge on any atom is -0.497 e. The summed E-state index contributed by atoms with van der Waals surface area (Å²) in [7, 11) is 2.88. The van der Waals surface area contributed by atoms with Crippen molar-refractivity contribution in [1.29, 1.82) is 0 Å². The van der Waals surface area contributed by atoms with Crippen LogP contribution in [0.1, 0.15) is 41.4 Å². The molecule has 4 rings (SSSR count). The molecule has 4 aromatic rings. The lowest BCUT2D eigenvalue weighted by molar-refractivity contribution is -0.137. The van der Waals surface area contributed by atoms with Gasteiger partial charge in [-0.1, -0.05) is 31.5 Å². The van der Waals surface area contributed by atoms with Gasteiger partial charge < -0.3 is 29.6 Å². The molecule has 0 saturated heterocycles. The van der Waals surface area contributed by atoms with Crippen LogP contribution in [0.15, 0.2) is 60.8 Å². The van der Waals surface area contributed by atoms with Gasteiger partial charge in [-0.05, 0) is 30.3 Å². The summed E-state index contributed by atoms with van der Waals surface area (Å²) in [4.78, 5) is 16.9. The maximum absolute atomic E-state index is 14.0. The lowest BCUT2D eigenvalue weighted by Gasteiger charge is -2.22. The normalized spacial score (nSPS) is 11.8. The fourth-order valence-electron chi connectivity index (χ4n) is 4.05. The van der Waals surface area contributed by atoms with E-state index in [0.29, 0.717) is 39.0 Å². The number of hydrogen-bond acceptors (Lipinski definition) is 6. The van der Waals surface area contributed by atoms with Crippen molar-refractivity contribution in [3.8, 4) is 17.2 Å². The van der Waals surface area contributed by atoms with Crippen molar-refractivity contribution in [2.75, 3.05) is 32.8 Å². The number of halogens is 4. The Morgan fingerprint density at radius 3 is 2.40 bits per heavy atom. The maximum Gasteiger partial charge on any atom is 0.416 e. The minimum absolute atomic E-state index is 0.0385. The number of hydrogen-bond donors (Lipinski definition) is 3. The molecule has 0 aliphatic heterocycles. The van der Waals surface area contributed by atoms with Crippen LogP contribution in [-0.4, -0.2) is 43.3 Å². The Bertz CT molecular complexity index is 1460. The first-order chi connectivity index (χ1) is 19.1. The topological polar surface area (TPSA) is 92.8 Å². The first-order valence-electron chi connectivity index (χ1n) is 12.4. The van der Waals surface area contributed by atoms with Crippen molar-refractivity contribution in [2.24, 2.45) is 0 Å². The summed E-state index contributed by atoms with van der Waals surface area (Å²) in [5.41, 5.74) is 0.391. The summed E-state index contributed by atoms with van der Waals surface area (Å²) in [6.45, 7) is 3.83. The van der Waals surface area contributed by atoms with Crippen LogP contribution in [0.25, 0.3) is 10.9 Å². The molecule has 1 aromatic heterocycles. The Morgan fingerprint density at radius 2 is 1.75 bits per heavy atom. The molecule has 0 radical (unpaired) electrons. The van der Waals surface area contributed by atoms with Crippen LogP contribution in [0.5, 0.6) is 17.2 Å². The van der Waals surface area contributed by atoms with Crippen molar-refractivity contribution < 1.29 is 37.3 Å². The first-order valence-corrected chi connectivity index (χ1v) is 12.8. The third-order valence-corrected chi connectivity index (χ3v) is 6.07. The average molecular weight is 579 g/mol. The highest BCUT2D eigenvalue weighted by Gasteiger charge is 2.32. The van der Waals surface area contributed by atoms with E-state index >= 15 is 0 Å². The average Bonchev–Trinajstić information content (AvgIpc) is 3.38. The van der Waals surface area contributed by atoms with Crippen molar-refractivity contribution in [2.45, 2.75) is 26.1 Å². The van der Waals surface area contributed by atoms with Gasteiger partial charge in [0.2, 0.25) is 0 Å². The minimum atomic E-state index is -4.58. The number of aromatic amines is 1. The summed E-state index contributed by atoms with van der Waals surface area (Å²) in [5, 5.41) is 12.8. The van der Waals surface area contributed by atoms with Gasteiger partial charge in [0.15, 0.2) is 5.78 Å². The van der Waals surface area contributed by atoms with Gasteiger partial charge in [-0.3, -0.25) is 4.79 Å². The summed E-state index contributed by atoms with van der Waals surface area (Å²) in [5.74, 6) is 0.576. The van der Waals surface area contributed by atoms with E-state index in [1.807, 2.05) is 13.8 Å². The molecule has 0 aliphatic carbocycles. The third-order valence-electron chi connectivity index (χ3n) is 5.83. The van der Waals surface area contributed by atoms with Crippen LogP contribution >= 0.6 is 11.6 Å². The smallest absolute Gasteiger partial charge is 0.416 e. The van der Waals surface area contributed by atoms with E-state index in [-0.39, 0.29) is 24.2 Å². The predicted octanol–water partition coefficient (Wildman–Crippen LogP) is 7.29. The molecule has 3 N–H and O–H groups in total. The molecule has 0 spiro atoms. The number of aromatic nitrogens is 1. The van der Waals surface area contributed by atoms with E-state index < -0.39 is 23.6 Å². The summed E-state index contributed by atoms with van der Waals surface area (Å²) < 4.78 is 56.6. The Labute approximate surface area is 234 Å². The largest absolute Gasteiger partial charge is 0.497 e. The van der Waals surface area contributed by atoms with Gasteiger partial charge in [-0.15, -0.1) is 0 Å². The molecule has 1 heterocycles. The fraction of sp³-hybridized carbons (Fsp3) is 0.276. The van der Waals surface area contributed by atoms with Crippen molar-refractivity contribution >= 4 is 34.0 Å². The van der Waals surface area contributed by atoms with Gasteiger partial charge in [-0.25, -0.2) is 0 Å². The fourth-order valence-corrected chi connectivity index (χ4v) is 4.21. The van der Waals surface area contributed by atoms with Crippen LogP contribution in [0.3, 0.4) is 0 Å². The van der Waals surface area contributed by atoms with Crippen LogP contribution < -0.4 is 19.5 Å². The lowest BCUT2D eigenvalue weighted by atomic mass is 9.95. The number of rotatable bonds is 10. The molecule has 40 heavy (non-hydrogen) atoms. The van der Waals surface area contributed by atoms with Gasteiger partial charge in [-0.2, -0.15) is 13.2 Å². The molecule has 1 atom stereocenters. The number of alkyl halides is 3. The quantitative estimate of drug-likeness (QED) is 0.171. The highest BCUT2D eigenvalue weighted by Crippen LogP contribution is 2.37. The Morgan fingerprint density at radius 1 is 1.02 bits per heavy atom. The van der Waals surface area contributed by atoms with E-state index in [1.54, 1.807) is 30.3 Å². The molecule has 0 saturated carbocycles. The summed E-state index contributed by atoms with van der Waals surface area (Å²) >= 11 is 6.14. The number of anilines is 1. The molecule has 0 amide bonds. The number of carbonyl (C=O) groups excluding carboxylic acids is 1. The molecular formula is C29H30ClF3N2O5. The number of methoxy groups -OCH3 is 2. The summed E-state index contributed by atoms with van der Waals surface area (Å²) in [6, 6.07) is 11.7. The predicted molar refractivity (Wildman–Crippen MR) is 149 cm³/mol. The maximum atomic E-state index is 14.0. The van der Waals surface area contributed by atoms with E-state index in [9.17, 15) is 18.0 Å². The zero-order valence-corrected chi connectivity index (χ0v) is 23.1. The molecule has 3 aromatic carbocycles. The number of benzene rings is 3. The molecule has 7 nitrogen and oxygen atoms in total. The second kappa shape index (κ2) is 13.5. The number of ketones is 1. The van der Waals surface area contributed by atoms with Crippen LogP contribution in [0.2, 0.25) is 5.02 Å². The van der Waals surface area contributed by atoms with Gasteiger partial charge in [0, 0.05) is 57.1 Å². The van der Waals surface area contributed by atoms with Gasteiger partial charge >= 0.3 is 6.18 Å². The van der Waals surface area contributed by atoms with Crippen molar-refractivity contribution in [3.63, 3.8) is 0 Å². The lowest BCUT2D eigenvalue weighted by Crippen LogP contribution is -2.22. The molecule has 0 bridgehead atoms. The molecule has 214 valence electrons. The van der Waals surface area contributed by atoms with Crippen molar-refractivity contribution in [1.82, 2.24) is 4.98 Å². The molecule has 0 aliphatic rings. The van der Waals surface area contributed by atoms with E-state index in [2.05, 4.69) is 10.3 Å². The monoisotopic (exact) mass is 578 g/mol. The second-order valence-electron chi connectivity index (χ2n) is 8.26. The highest BCUT2D eigenvalue weighted by atomic mass is 35.5. The number of H-pyrrole nitrogens is 1. The van der Waals surface area contributed by atoms with Crippen LogP contribution in [0.4, 0.5) is 18.9 Å². The molecular weight excluding hydrogens is 549 g/mol. The van der Waals surface area contributed by atoms with Gasteiger partial charge in [0.05, 0.1) is 26.4 Å². The number of aliphatic hydroxyl groups excluding tert-OH is 1. The number of nitrogens with one attached hydrogen (secondary N) is 2. The number of aliphatic hydroxyl groups is 1. The standard InChI is InChI=1S/C27H24ClF3N2O5.C2H6/c1-36-18-11-17(12-19(13-18)38-8-7-34)33-25(20-5-4-16(28)10-24(20)37-2)26(35)22-14-32-23-6-3-15(9-21(22)23)27(29,30)31;1-2/h3-6,9-14,25,32-34H,7-8H2,1-2H3;1-2H3.